The van der Waals surface area contributed by atoms with Gasteiger partial charge in [0.2, 0.25) is 0 Å². The Morgan fingerprint density at radius 2 is 1.85 bits per heavy atom. The Balaban J connectivity index is 1.36. The van der Waals surface area contributed by atoms with Crippen molar-refractivity contribution < 1.29 is 9.47 Å². The van der Waals surface area contributed by atoms with Crippen LogP contribution in [0.2, 0.25) is 5.02 Å². The summed E-state index contributed by atoms with van der Waals surface area (Å²) in [7, 11) is 0. The van der Waals surface area contributed by atoms with Crippen LogP contribution in [-0.4, -0.2) is 44.3 Å². The monoisotopic (exact) mass is 374 g/mol. The molecule has 1 fully saturated rings. The van der Waals surface area contributed by atoms with Gasteiger partial charge >= 0.3 is 0 Å². The molecule has 5 heteroatoms. The lowest BCUT2D eigenvalue weighted by Crippen LogP contribution is -2.37. The highest BCUT2D eigenvalue weighted by molar-refractivity contribution is 6.30. The van der Waals surface area contributed by atoms with E-state index in [4.69, 9.17) is 21.1 Å². The molecule has 0 spiro atoms. The lowest BCUT2D eigenvalue weighted by Gasteiger charge is -2.26. The molecule has 26 heavy (non-hydrogen) atoms. The minimum absolute atomic E-state index is 0.525. The molecule has 0 aromatic heterocycles. The minimum Gasteiger partial charge on any atom is -0.489 e. The average Bonchev–Trinajstić information content (AvgIpc) is 2.67. The van der Waals surface area contributed by atoms with Crippen molar-refractivity contribution in [1.29, 1.82) is 0 Å². The molecule has 4 nitrogen and oxygen atoms in total. The first-order valence-electron chi connectivity index (χ1n) is 9.26. The number of halogens is 1. The van der Waals surface area contributed by atoms with Crippen LogP contribution in [-0.2, 0) is 17.9 Å². The topological polar surface area (TPSA) is 33.7 Å². The summed E-state index contributed by atoms with van der Waals surface area (Å²) in [6.45, 7) is 7.40. The molecule has 0 radical (unpaired) electrons. The second-order valence-corrected chi connectivity index (χ2v) is 6.99. The molecule has 3 rings (SSSR count). The third-order valence-electron chi connectivity index (χ3n) is 4.45. The van der Waals surface area contributed by atoms with Crippen LogP contribution in [0.5, 0.6) is 5.75 Å². The third-order valence-corrected chi connectivity index (χ3v) is 4.69. The number of hydrogen-bond acceptors (Lipinski definition) is 4. The van der Waals surface area contributed by atoms with Crippen LogP contribution in [0.25, 0.3) is 0 Å². The number of benzene rings is 2. The van der Waals surface area contributed by atoms with Crippen LogP contribution in [0.4, 0.5) is 0 Å². The Bertz CT molecular complexity index is 675. The van der Waals surface area contributed by atoms with Gasteiger partial charge in [-0.15, -0.1) is 0 Å². The van der Waals surface area contributed by atoms with Gasteiger partial charge in [0.1, 0.15) is 12.4 Å². The summed E-state index contributed by atoms with van der Waals surface area (Å²) in [6.07, 6.45) is 1.16. The Labute approximate surface area is 161 Å². The first-order valence-corrected chi connectivity index (χ1v) is 9.64. The van der Waals surface area contributed by atoms with E-state index in [9.17, 15) is 0 Å². The van der Waals surface area contributed by atoms with E-state index in [1.54, 1.807) is 0 Å². The predicted octanol–water partition coefficient (Wildman–Crippen LogP) is 3.73. The molecule has 1 saturated heterocycles. The Hall–Kier alpha value is -1.59. The first-order chi connectivity index (χ1) is 12.8. The van der Waals surface area contributed by atoms with Crippen LogP contribution in [0.1, 0.15) is 17.5 Å². The maximum absolute atomic E-state index is 6.01. The number of rotatable bonds is 9. The van der Waals surface area contributed by atoms with Gasteiger partial charge in [0.15, 0.2) is 0 Å². The Morgan fingerprint density at radius 3 is 2.69 bits per heavy atom. The lowest BCUT2D eigenvalue weighted by atomic mass is 10.2. The fraction of sp³-hybridized carbons (Fsp3) is 0.429. The zero-order valence-electron chi connectivity index (χ0n) is 15.1. The number of nitrogens with zero attached hydrogens (tertiary/aromatic N) is 1. The summed E-state index contributed by atoms with van der Waals surface area (Å²) in [4.78, 5) is 2.47. The van der Waals surface area contributed by atoms with Crippen LogP contribution >= 0.6 is 11.6 Å². The smallest absolute Gasteiger partial charge is 0.120 e. The molecular weight excluding hydrogens is 348 g/mol. The second kappa shape index (κ2) is 10.5. The van der Waals surface area contributed by atoms with Crippen molar-refractivity contribution >= 4 is 11.6 Å². The van der Waals surface area contributed by atoms with Crippen molar-refractivity contribution in [3.05, 3.63) is 64.7 Å². The predicted molar refractivity (Wildman–Crippen MR) is 106 cm³/mol. The van der Waals surface area contributed by atoms with E-state index in [2.05, 4.69) is 22.3 Å². The standard InChI is InChI=1S/C21H27ClN2O2/c22-20-6-1-5-19(14-20)17-26-21-7-2-4-18(15-21)16-23-8-3-9-24-10-12-25-13-11-24/h1-2,4-7,14-15,23H,3,8-13,16-17H2. The summed E-state index contributed by atoms with van der Waals surface area (Å²) in [5, 5.41) is 4.26. The van der Waals surface area contributed by atoms with E-state index < -0.39 is 0 Å². The van der Waals surface area contributed by atoms with E-state index in [1.807, 2.05) is 36.4 Å². The molecule has 1 aliphatic rings. The van der Waals surface area contributed by atoms with Crippen LogP contribution < -0.4 is 10.1 Å². The largest absolute Gasteiger partial charge is 0.489 e. The van der Waals surface area contributed by atoms with Crippen molar-refractivity contribution in [3.63, 3.8) is 0 Å². The van der Waals surface area contributed by atoms with Gasteiger partial charge in [0.05, 0.1) is 13.2 Å². The maximum atomic E-state index is 6.01. The molecular formula is C21H27ClN2O2. The van der Waals surface area contributed by atoms with Gasteiger partial charge in [-0.25, -0.2) is 0 Å². The van der Waals surface area contributed by atoms with Crippen molar-refractivity contribution in [3.8, 4) is 5.75 Å². The molecule has 0 aliphatic carbocycles. The second-order valence-electron chi connectivity index (χ2n) is 6.55. The maximum Gasteiger partial charge on any atom is 0.120 e. The molecule has 0 amide bonds. The van der Waals surface area contributed by atoms with Gasteiger partial charge in [0.25, 0.3) is 0 Å². The van der Waals surface area contributed by atoms with E-state index in [-0.39, 0.29) is 0 Å². The number of ether oxygens (including phenoxy) is 2. The molecule has 2 aromatic carbocycles. The Kier molecular flexibility index (Phi) is 7.77. The van der Waals surface area contributed by atoms with Crippen LogP contribution in [0.15, 0.2) is 48.5 Å². The molecule has 2 aromatic rings. The van der Waals surface area contributed by atoms with Crippen molar-refractivity contribution in [1.82, 2.24) is 10.2 Å². The summed E-state index contributed by atoms with van der Waals surface area (Å²) in [5.41, 5.74) is 2.31. The molecule has 1 N–H and O–H groups in total. The van der Waals surface area contributed by atoms with Gasteiger partial charge in [-0.1, -0.05) is 35.9 Å². The van der Waals surface area contributed by atoms with E-state index in [1.165, 1.54) is 5.56 Å². The van der Waals surface area contributed by atoms with E-state index >= 15 is 0 Å². The fourth-order valence-corrected chi connectivity index (χ4v) is 3.24. The SMILES string of the molecule is Clc1cccc(COc2cccc(CNCCCN3CCOCC3)c2)c1. The van der Waals surface area contributed by atoms with Crippen molar-refractivity contribution in [2.45, 2.75) is 19.6 Å². The number of hydrogen-bond donors (Lipinski definition) is 1. The van der Waals surface area contributed by atoms with Crippen LogP contribution in [0, 0.1) is 0 Å². The molecule has 0 unspecified atom stereocenters. The summed E-state index contributed by atoms with van der Waals surface area (Å²) in [6, 6.07) is 16.0. The highest BCUT2D eigenvalue weighted by Crippen LogP contribution is 2.17. The zero-order chi connectivity index (χ0) is 18.0. The molecule has 0 atom stereocenters. The zero-order valence-corrected chi connectivity index (χ0v) is 15.9. The third kappa shape index (κ3) is 6.61. The van der Waals surface area contributed by atoms with Gasteiger partial charge in [0, 0.05) is 24.7 Å². The molecule has 1 heterocycles. The lowest BCUT2D eigenvalue weighted by molar-refractivity contribution is 0.0374. The molecule has 140 valence electrons. The van der Waals surface area contributed by atoms with E-state index in [0.29, 0.717) is 6.61 Å². The van der Waals surface area contributed by atoms with Gasteiger partial charge < -0.3 is 14.8 Å². The number of nitrogens with one attached hydrogen (secondary N) is 1. The van der Waals surface area contributed by atoms with Gasteiger partial charge in [-0.05, 0) is 54.9 Å². The summed E-state index contributed by atoms with van der Waals surface area (Å²) < 4.78 is 11.3. The molecule has 0 bridgehead atoms. The average molecular weight is 375 g/mol. The quantitative estimate of drug-likeness (QED) is 0.678. The van der Waals surface area contributed by atoms with Crippen molar-refractivity contribution in [2.75, 3.05) is 39.4 Å². The summed E-state index contributed by atoms with van der Waals surface area (Å²) in [5.74, 6) is 0.887. The summed E-state index contributed by atoms with van der Waals surface area (Å²) >= 11 is 6.01. The van der Waals surface area contributed by atoms with Gasteiger partial charge in [-0.3, -0.25) is 4.90 Å². The first kappa shape index (κ1) is 19.2. The number of morpholine rings is 1. The fourth-order valence-electron chi connectivity index (χ4n) is 3.02. The highest BCUT2D eigenvalue weighted by Gasteiger charge is 2.08. The Morgan fingerprint density at radius 1 is 1.04 bits per heavy atom. The normalized spacial score (nSPS) is 15.1. The van der Waals surface area contributed by atoms with E-state index in [0.717, 1.165) is 68.7 Å². The molecule has 0 saturated carbocycles. The molecule has 1 aliphatic heterocycles. The highest BCUT2D eigenvalue weighted by atomic mass is 35.5. The minimum atomic E-state index is 0.525. The van der Waals surface area contributed by atoms with Crippen LogP contribution in [0.3, 0.4) is 0 Å². The van der Waals surface area contributed by atoms with Crippen molar-refractivity contribution in [2.24, 2.45) is 0 Å². The van der Waals surface area contributed by atoms with Gasteiger partial charge in [-0.2, -0.15) is 0 Å².